The lowest BCUT2D eigenvalue weighted by Crippen LogP contribution is -2.42. The van der Waals surface area contributed by atoms with Crippen LogP contribution in [0.2, 0.25) is 0 Å². The zero-order valence-electron chi connectivity index (χ0n) is 9.55. The van der Waals surface area contributed by atoms with Gasteiger partial charge in [-0.05, 0) is 12.1 Å². The van der Waals surface area contributed by atoms with Gasteiger partial charge in [-0.25, -0.2) is 0 Å². The van der Waals surface area contributed by atoms with Crippen LogP contribution in [0.3, 0.4) is 0 Å². The van der Waals surface area contributed by atoms with Gasteiger partial charge >= 0.3 is 5.97 Å². The van der Waals surface area contributed by atoms with Gasteiger partial charge in [0, 0.05) is 18.0 Å². The van der Waals surface area contributed by atoms with E-state index in [1.54, 1.807) is 0 Å². The first-order valence-electron chi connectivity index (χ1n) is 5.34. The molecule has 1 fully saturated rings. The van der Waals surface area contributed by atoms with Crippen LogP contribution in [0.5, 0.6) is 0 Å². The van der Waals surface area contributed by atoms with E-state index in [0.29, 0.717) is 17.5 Å². The summed E-state index contributed by atoms with van der Waals surface area (Å²) in [6.45, 7) is 0.516. The zero-order chi connectivity index (χ0) is 12.3. The Balaban J connectivity index is 2.16. The van der Waals surface area contributed by atoms with Gasteiger partial charge in [-0.15, -0.1) is 0 Å². The molecule has 0 bridgehead atoms. The summed E-state index contributed by atoms with van der Waals surface area (Å²) in [4.78, 5) is 13.4. The molecule has 0 spiro atoms. The Labute approximate surface area is 104 Å². The topological polar surface area (TPSA) is 53.4 Å². The standard InChI is InChI=1S/C12H14N2O2S/c1-16-11(15)9-7-14(12(13)17-8-9)10-5-3-2-4-6-10/h2-6,9,13H,7-8H2,1H3. The minimum absolute atomic E-state index is 0.167. The number of thioether (sulfide) groups is 1. The molecule has 1 heterocycles. The van der Waals surface area contributed by atoms with Crippen molar-refractivity contribution in [1.82, 2.24) is 0 Å². The molecular formula is C12H14N2O2S. The second kappa shape index (κ2) is 5.23. The van der Waals surface area contributed by atoms with Crippen LogP contribution in [0.25, 0.3) is 0 Å². The predicted molar refractivity (Wildman–Crippen MR) is 69.5 cm³/mol. The van der Waals surface area contributed by atoms with E-state index in [1.165, 1.54) is 18.9 Å². The van der Waals surface area contributed by atoms with E-state index < -0.39 is 0 Å². The lowest BCUT2D eigenvalue weighted by atomic mass is 10.1. The van der Waals surface area contributed by atoms with Crippen molar-refractivity contribution in [2.45, 2.75) is 0 Å². The van der Waals surface area contributed by atoms with Gasteiger partial charge in [0.25, 0.3) is 0 Å². The molecule has 0 aromatic heterocycles. The highest BCUT2D eigenvalue weighted by molar-refractivity contribution is 8.14. The zero-order valence-corrected chi connectivity index (χ0v) is 10.4. The van der Waals surface area contributed by atoms with Gasteiger partial charge in [0.1, 0.15) is 0 Å². The second-order valence-electron chi connectivity index (χ2n) is 3.78. The van der Waals surface area contributed by atoms with E-state index in [-0.39, 0.29) is 11.9 Å². The maximum atomic E-state index is 11.5. The van der Waals surface area contributed by atoms with Gasteiger partial charge in [0.2, 0.25) is 0 Å². The molecule has 1 unspecified atom stereocenters. The van der Waals surface area contributed by atoms with Crippen molar-refractivity contribution in [1.29, 1.82) is 5.41 Å². The quantitative estimate of drug-likeness (QED) is 0.815. The molecule has 1 N–H and O–H groups in total. The van der Waals surface area contributed by atoms with E-state index in [4.69, 9.17) is 10.1 Å². The summed E-state index contributed by atoms with van der Waals surface area (Å²) >= 11 is 1.38. The molecule has 1 aliphatic heterocycles. The number of ether oxygens (including phenoxy) is 1. The molecule has 0 aliphatic carbocycles. The van der Waals surface area contributed by atoms with Crippen LogP contribution in [0, 0.1) is 11.3 Å². The number of rotatable bonds is 2. The Morgan fingerprint density at radius 1 is 1.47 bits per heavy atom. The van der Waals surface area contributed by atoms with Gasteiger partial charge in [-0.2, -0.15) is 0 Å². The van der Waals surface area contributed by atoms with Gasteiger partial charge in [-0.1, -0.05) is 30.0 Å². The smallest absolute Gasteiger partial charge is 0.311 e. The van der Waals surface area contributed by atoms with Crippen molar-refractivity contribution in [3.8, 4) is 0 Å². The van der Waals surface area contributed by atoms with Crippen LogP contribution in [-0.4, -0.2) is 30.5 Å². The second-order valence-corrected chi connectivity index (χ2v) is 4.79. The fraction of sp³-hybridized carbons (Fsp3) is 0.333. The minimum atomic E-state index is -0.203. The van der Waals surface area contributed by atoms with Crippen molar-refractivity contribution < 1.29 is 9.53 Å². The van der Waals surface area contributed by atoms with E-state index >= 15 is 0 Å². The van der Waals surface area contributed by atoms with Gasteiger partial charge < -0.3 is 9.64 Å². The molecule has 1 aliphatic rings. The molecule has 1 aromatic carbocycles. The Morgan fingerprint density at radius 3 is 2.82 bits per heavy atom. The van der Waals surface area contributed by atoms with Crippen LogP contribution in [0.1, 0.15) is 0 Å². The third-order valence-corrected chi connectivity index (χ3v) is 3.73. The number of amidine groups is 1. The average Bonchev–Trinajstić information content (AvgIpc) is 2.39. The third kappa shape index (κ3) is 2.61. The van der Waals surface area contributed by atoms with E-state index in [0.717, 1.165) is 5.69 Å². The molecule has 0 amide bonds. The Kier molecular flexibility index (Phi) is 3.68. The first-order chi connectivity index (χ1) is 8.22. The van der Waals surface area contributed by atoms with Crippen molar-refractivity contribution in [2.75, 3.05) is 24.3 Å². The highest BCUT2D eigenvalue weighted by Crippen LogP contribution is 2.27. The van der Waals surface area contributed by atoms with Crippen LogP contribution in [-0.2, 0) is 9.53 Å². The maximum absolute atomic E-state index is 11.5. The molecule has 4 nitrogen and oxygen atoms in total. The van der Waals surface area contributed by atoms with Crippen molar-refractivity contribution in [3.05, 3.63) is 30.3 Å². The average molecular weight is 250 g/mol. The molecule has 1 saturated heterocycles. The summed E-state index contributed by atoms with van der Waals surface area (Å²) in [7, 11) is 1.40. The van der Waals surface area contributed by atoms with E-state index in [9.17, 15) is 4.79 Å². The summed E-state index contributed by atoms with van der Waals surface area (Å²) in [6.07, 6.45) is 0. The molecule has 90 valence electrons. The van der Waals surface area contributed by atoms with Crippen LogP contribution >= 0.6 is 11.8 Å². The first-order valence-corrected chi connectivity index (χ1v) is 6.32. The normalized spacial score (nSPS) is 20.2. The van der Waals surface area contributed by atoms with E-state index in [1.807, 2.05) is 35.2 Å². The number of carbonyl (C=O) groups is 1. The lowest BCUT2D eigenvalue weighted by molar-refractivity contribution is -0.144. The Hall–Kier alpha value is -1.49. The van der Waals surface area contributed by atoms with Gasteiger partial charge in [0.15, 0.2) is 5.17 Å². The maximum Gasteiger partial charge on any atom is 0.311 e. The molecule has 17 heavy (non-hydrogen) atoms. The molecule has 0 saturated carbocycles. The fourth-order valence-corrected chi connectivity index (χ4v) is 2.69. The summed E-state index contributed by atoms with van der Waals surface area (Å²) in [5, 5.41) is 8.39. The summed E-state index contributed by atoms with van der Waals surface area (Å²) < 4.78 is 4.76. The molecule has 0 radical (unpaired) electrons. The van der Waals surface area contributed by atoms with Crippen molar-refractivity contribution in [2.24, 2.45) is 5.92 Å². The number of anilines is 1. The fourth-order valence-electron chi connectivity index (χ4n) is 1.75. The number of hydrogen-bond acceptors (Lipinski definition) is 4. The van der Waals surface area contributed by atoms with Crippen LogP contribution < -0.4 is 4.90 Å². The van der Waals surface area contributed by atoms with E-state index in [2.05, 4.69) is 0 Å². The summed E-state index contributed by atoms with van der Waals surface area (Å²) in [5.74, 6) is 0.250. The monoisotopic (exact) mass is 250 g/mol. The van der Waals surface area contributed by atoms with Gasteiger partial charge in [0.05, 0.1) is 13.0 Å². The highest BCUT2D eigenvalue weighted by Gasteiger charge is 2.30. The van der Waals surface area contributed by atoms with Crippen molar-refractivity contribution in [3.63, 3.8) is 0 Å². The lowest BCUT2D eigenvalue weighted by Gasteiger charge is -2.32. The summed E-state index contributed by atoms with van der Waals surface area (Å²) in [6, 6.07) is 9.66. The molecule has 1 aromatic rings. The highest BCUT2D eigenvalue weighted by atomic mass is 32.2. The number of esters is 1. The third-order valence-electron chi connectivity index (χ3n) is 2.67. The number of nitrogens with one attached hydrogen (secondary N) is 1. The minimum Gasteiger partial charge on any atom is -0.469 e. The van der Waals surface area contributed by atoms with Crippen LogP contribution in [0.4, 0.5) is 5.69 Å². The number of methoxy groups -OCH3 is 1. The SMILES string of the molecule is COC(=O)C1CSC(=N)N(c2ccccc2)C1. The number of carbonyl (C=O) groups excluding carboxylic acids is 1. The number of para-hydroxylation sites is 1. The molecule has 5 heteroatoms. The Bertz CT molecular complexity index is 422. The number of hydrogen-bond donors (Lipinski definition) is 1. The molecular weight excluding hydrogens is 236 g/mol. The Morgan fingerprint density at radius 2 is 2.18 bits per heavy atom. The first kappa shape index (κ1) is 12.0. The summed E-state index contributed by atoms with van der Waals surface area (Å²) in [5.41, 5.74) is 0.943. The molecule has 2 rings (SSSR count). The number of nitrogens with zero attached hydrogens (tertiary/aromatic N) is 1. The van der Waals surface area contributed by atoms with Crippen LogP contribution in [0.15, 0.2) is 30.3 Å². The van der Waals surface area contributed by atoms with Gasteiger partial charge in [-0.3, -0.25) is 10.2 Å². The number of benzene rings is 1. The predicted octanol–water partition coefficient (Wildman–Crippen LogP) is 1.96. The largest absolute Gasteiger partial charge is 0.469 e. The van der Waals surface area contributed by atoms with Crippen molar-refractivity contribution >= 4 is 28.6 Å². The molecule has 1 atom stereocenters.